The second-order valence-electron chi connectivity index (χ2n) is 3.71. The molecule has 5 heteroatoms. The standard InChI is InChI=1S/C11H13N3O2/c1-7(6-10(12)15)14-11-8-3-5-16-9(8)2-4-13-11/h2-5,7H,6H2,1H3,(H2,12,15)(H,13,14). The van der Waals surface area contributed by atoms with Gasteiger partial charge in [0.2, 0.25) is 5.91 Å². The molecule has 5 nitrogen and oxygen atoms in total. The molecule has 0 aliphatic heterocycles. The SMILES string of the molecule is CC(CC(N)=O)Nc1nccc2occc12. The van der Waals surface area contributed by atoms with Gasteiger partial charge in [-0.1, -0.05) is 0 Å². The van der Waals surface area contributed by atoms with E-state index in [1.807, 2.05) is 13.0 Å². The van der Waals surface area contributed by atoms with Crippen molar-refractivity contribution >= 4 is 22.7 Å². The van der Waals surface area contributed by atoms with Gasteiger partial charge in [-0.25, -0.2) is 4.98 Å². The minimum Gasteiger partial charge on any atom is -0.464 e. The summed E-state index contributed by atoms with van der Waals surface area (Å²) in [5.41, 5.74) is 5.89. The molecule has 0 saturated heterocycles. The summed E-state index contributed by atoms with van der Waals surface area (Å²) in [6.07, 6.45) is 3.54. The van der Waals surface area contributed by atoms with Crippen molar-refractivity contribution in [2.75, 3.05) is 5.32 Å². The van der Waals surface area contributed by atoms with Crippen LogP contribution in [-0.2, 0) is 4.79 Å². The van der Waals surface area contributed by atoms with E-state index >= 15 is 0 Å². The molecule has 0 fully saturated rings. The second kappa shape index (κ2) is 4.22. The molecule has 0 aromatic carbocycles. The molecule has 2 aromatic rings. The van der Waals surface area contributed by atoms with Crippen LogP contribution in [0.1, 0.15) is 13.3 Å². The van der Waals surface area contributed by atoms with E-state index < -0.39 is 0 Å². The molecule has 3 N–H and O–H groups in total. The van der Waals surface area contributed by atoms with Crippen LogP contribution >= 0.6 is 0 Å². The number of carbonyl (C=O) groups is 1. The van der Waals surface area contributed by atoms with Crippen LogP contribution < -0.4 is 11.1 Å². The van der Waals surface area contributed by atoms with Gasteiger partial charge in [0.15, 0.2) is 0 Å². The van der Waals surface area contributed by atoms with Crippen molar-refractivity contribution in [3.05, 3.63) is 24.6 Å². The van der Waals surface area contributed by atoms with Crippen molar-refractivity contribution in [1.82, 2.24) is 4.98 Å². The number of hydrogen-bond donors (Lipinski definition) is 2. The first-order valence-corrected chi connectivity index (χ1v) is 5.04. The average molecular weight is 219 g/mol. The van der Waals surface area contributed by atoms with Crippen molar-refractivity contribution < 1.29 is 9.21 Å². The molecule has 1 unspecified atom stereocenters. The van der Waals surface area contributed by atoms with E-state index in [-0.39, 0.29) is 18.4 Å². The number of pyridine rings is 1. The number of nitrogens with two attached hydrogens (primary N) is 1. The summed E-state index contributed by atoms with van der Waals surface area (Å²) in [7, 11) is 0. The van der Waals surface area contributed by atoms with E-state index in [0.29, 0.717) is 5.82 Å². The molecule has 0 bridgehead atoms. The van der Waals surface area contributed by atoms with Gasteiger partial charge in [0.05, 0.1) is 11.6 Å². The fourth-order valence-electron chi connectivity index (χ4n) is 1.60. The van der Waals surface area contributed by atoms with E-state index in [1.165, 1.54) is 0 Å². The summed E-state index contributed by atoms with van der Waals surface area (Å²) >= 11 is 0. The van der Waals surface area contributed by atoms with Crippen LogP contribution in [0.25, 0.3) is 11.0 Å². The fraction of sp³-hybridized carbons (Fsp3) is 0.273. The lowest BCUT2D eigenvalue weighted by molar-refractivity contribution is -0.118. The highest BCUT2D eigenvalue weighted by Gasteiger charge is 2.09. The van der Waals surface area contributed by atoms with Gasteiger partial charge in [-0.2, -0.15) is 0 Å². The molecule has 0 spiro atoms. The quantitative estimate of drug-likeness (QED) is 0.816. The Labute approximate surface area is 92.6 Å². The number of furan rings is 1. The first-order valence-electron chi connectivity index (χ1n) is 5.04. The maximum Gasteiger partial charge on any atom is 0.219 e. The Morgan fingerprint density at radius 2 is 2.44 bits per heavy atom. The van der Waals surface area contributed by atoms with Crippen LogP contribution in [0.15, 0.2) is 29.0 Å². The third-order valence-corrected chi connectivity index (χ3v) is 2.27. The third kappa shape index (κ3) is 2.13. The van der Waals surface area contributed by atoms with Crippen LogP contribution in [0.5, 0.6) is 0 Å². The van der Waals surface area contributed by atoms with E-state index in [4.69, 9.17) is 10.2 Å². The predicted molar refractivity (Wildman–Crippen MR) is 60.9 cm³/mol. The number of nitrogens with one attached hydrogen (secondary N) is 1. The lowest BCUT2D eigenvalue weighted by atomic mass is 10.2. The topological polar surface area (TPSA) is 81.2 Å². The lowest BCUT2D eigenvalue weighted by Crippen LogP contribution is -2.24. The van der Waals surface area contributed by atoms with Gasteiger partial charge >= 0.3 is 0 Å². The van der Waals surface area contributed by atoms with Gasteiger partial charge < -0.3 is 15.5 Å². The highest BCUT2D eigenvalue weighted by atomic mass is 16.3. The highest BCUT2D eigenvalue weighted by molar-refractivity contribution is 5.88. The molecule has 0 radical (unpaired) electrons. The molecular weight excluding hydrogens is 206 g/mol. The Hall–Kier alpha value is -2.04. The largest absolute Gasteiger partial charge is 0.464 e. The molecule has 1 amide bonds. The molecule has 2 rings (SSSR count). The summed E-state index contributed by atoms with van der Waals surface area (Å²) in [6.45, 7) is 1.88. The van der Waals surface area contributed by atoms with E-state index in [2.05, 4.69) is 10.3 Å². The van der Waals surface area contributed by atoms with Crippen molar-refractivity contribution in [1.29, 1.82) is 0 Å². The number of amides is 1. The van der Waals surface area contributed by atoms with Crippen LogP contribution in [-0.4, -0.2) is 16.9 Å². The van der Waals surface area contributed by atoms with Crippen molar-refractivity contribution in [3.8, 4) is 0 Å². The lowest BCUT2D eigenvalue weighted by Gasteiger charge is -2.12. The monoisotopic (exact) mass is 219 g/mol. The van der Waals surface area contributed by atoms with Crippen LogP contribution in [0.4, 0.5) is 5.82 Å². The Kier molecular flexibility index (Phi) is 2.76. The molecule has 1 atom stereocenters. The molecule has 16 heavy (non-hydrogen) atoms. The maximum absolute atomic E-state index is 10.8. The van der Waals surface area contributed by atoms with Crippen molar-refractivity contribution in [3.63, 3.8) is 0 Å². The zero-order valence-electron chi connectivity index (χ0n) is 8.93. The van der Waals surface area contributed by atoms with Gasteiger partial charge in [0, 0.05) is 18.7 Å². The zero-order valence-corrected chi connectivity index (χ0v) is 8.93. The highest BCUT2D eigenvalue weighted by Crippen LogP contribution is 2.22. The molecule has 2 heterocycles. The normalized spacial score (nSPS) is 12.6. The predicted octanol–water partition coefficient (Wildman–Crippen LogP) is 1.50. The number of carbonyl (C=O) groups excluding carboxylic acids is 1. The molecular formula is C11H13N3O2. The van der Waals surface area contributed by atoms with Crippen LogP contribution in [0, 0.1) is 0 Å². The summed E-state index contributed by atoms with van der Waals surface area (Å²) in [4.78, 5) is 15.0. The third-order valence-electron chi connectivity index (χ3n) is 2.27. The van der Waals surface area contributed by atoms with Crippen molar-refractivity contribution in [2.24, 2.45) is 5.73 Å². The summed E-state index contributed by atoms with van der Waals surface area (Å²) < 4.78 is 5.25. The number of primary amides is 1. The van der Waals surface area contributed by atoms with Gasteiger partial charge in [-0.3, -0.25) is 4.79 Å². The molecule has 0 aliphatic rings. The summed E-state index contributed by atoms with van der Waals surface area (Å²) in [5, 5.41) is 4.03. The number of fused-ring (bicyclic) bond motifs is 1. The minimum atomic E-state index is -0.334. The second-order valence-corrected chi connectivity index (χ2v) is 3.71. The Bertz CT molecular complexity index is 507. The van der Waals surface area contributed by atoms with Gasteiger partial charge in [-0.05, 0) is 19.1 Å². The van der Waals surface area contributed by atoms with Gasteiger partial charge in [-0.15, -0.1) is 0 Å². The molecule has 2 aromatic heterocycles. The number of anilines is 1. The first kappa shape index (κ1) is 10.5. The molecule has 0 aliphatic carbocycles. The summed E-state index contributed by atoms with van der Waals surface area (Å²) in [6, 6.07) is 3.58. The molecule has 0 saturated carbocycles. The van der Waals surface area contributed by atoms with E-state index in [0.717, 1.165) is 11.0 Å². The number of aromatic nitrogens is 1. The van der Waals surface area contributed by atoms with E-state index in [9.17, 15) is 4.79 Å². The van der Waals surface area contributed by atoms with E-state index in [1.54, 1.807) is 18.5 Å². The van der Waals surface area contributed by atoms with Crippen LogP contribution in [0.3, 0.4) is 0 Å². The minimum absolute atomic E-state index is 0.0505. The zero-order chi connectivity index (χ0) is 11.5. The average Bonchev–Trinajstić information content (AvgIpc) is 2.65. The summed E-state index contributed by atoms with van der Waals surface area (Å²) in [5.74, 6) is 0.374. The van der Waals surface area contributed by atoms with Crippen LogP contribution in [0.2, 0.25) is 0 Å². The smallest absolute Gasteiger partial charge is 0.219 e. The van der Waals surface area contributed by atoms with Crippen molar-refractivity contribution in [2.45, 2.75) is 19.4 Å². The Morgan fingerprint density at radius 1 is 1.62 bits per heavy atom. The number of hydrogen-bond acceptors (Lipinski definition) is 4. The maximum atomic E-state index is 10.8. The Balaban J connectivity index is 2.20. The van der Waals surface area contributed by atoms with Gasteiger partial charge in [0.1, 0.15) is 11.4 Å². The van der Waals surface area contributed by atoms with Gasteiger partial charge in [0.25, 0.3) is 0 Å². The molecule has 84 valence electrons. The Morgan fingerprint density at radius 3 is 3.19 bits per heavy atom. The fourth-order valence-corrected chi connectivity index (χ4v) is 1.60. The number of rotatable bonds is 4. The first-order chi connectivity index (χ1) is 7.66. The number of nitrogens with zero attached hydrogens (tertiary/aromatic N) is 1.